The number of hydrogen-bond acceptors (Lipinski definition) is 5. The van der Waals surface area contributed by atoms with Crippen molar-refractivity contribution in [3.05, 3.63) is 48.8 Å². The maximum atomic E-state index is 13.3. The van der Waals surface area contributed by atoms with E-state index in [2.05, 4.69) is 26.9 Å². The summed E-state index contributed by atoms with van der Waals surface area (Å²) < 4.78 is 5.37. The number of carbonyl (C=O) groups is 1. The van der Waals surface area contributed by atoms with Crippen molar-refractivity contribution in [2.75, 3.05) is 56.2 Å². The average molecular weight is 423 g/mol. The molecule has 6 nitrogen and oxygen atoms in total. The van der Waals surface area contributed by atoms with Crippen LogP contribution >= 0.6 is 0 Å². The predicted molar refractivity (Wildman–Crippen MR) is 125 cm³/mol. The molecule has 1 saturated carbocycles. The quantitative estimate of drug-likeness (QED) is 0.679. The molecule has 0 bridgehead atoms. The van der Waals surface area contributed by atoms with Gasteiger partial charge >= 0.3 is 0 Å². The summed E-state index contributed by atoms with van der Waals surface area (Å²) in [5.74, 6) is 1.34. The van der Waals surface area contributed by atoms with Gasteiger partial charge < -0.3 is 14.5 Å². The van der Waals surface area contributed by atoms with Crippen LogP contribution in [-0.2, 0) is 4.79 Å². The molecule has 2 heterocycles. The van der Waals surface area contributed by atoms with E-state index in [9.17, 15) is 4.79 Å². The van der Waals surface area contributed by atoms with Crippen molar-refractivity contribution >= 4 is 17.3 Å². The molecule has 0 atom stereocenters. The molecular weight excluding hydrogens is 388 g/mol. The van der Waals surface area contributed by atoms with Crippen LogP contribution < -0.4 is 14.5 Å². The monoisotopic (exact) mass is 422 g/mol. The highest BCUT2D eigenvalue weighted by Gasteiger charge is 2.28. The third-order valence-electron chi connectivity index (χ3n) is 6.61. The van der Waals surface area contributed by atoms with E-state index in [1.165, 1.54) is 24.9 Å². The smallest absolute Gasteiger partial charge is 0.230 e. The van der Waals surface area contributed by atoms with Crippen molar-refractivity contribution in [2.24, 2.45) is 5.92 Å². The second-order valence-corrected chi connectivity index (χ2v) is 8.57. The molecule has 2 fully saturated rings. The van der Waals surface area contributed by atoms with Gasteiger partial charge in [-0.05, 0) is 37.1 Å². The molecule has 0 unspecified atom stereocenters. The van der Waals surface area contributed by atoms with Crippen molar-refractivity contribution in [1.82, 2.24) is 9.88 Å². The van der Waals surface area contributed by atoms with E-state index in [0.29, 0.717) is 0 Å². The first-order valence-corrected chi connectivity index (χ1v) is 11.6. The Morgan fingerprint density at radius 2 is 1.90 bits per heavy atom. The summed E-state index contributed by atoms with van der Waals surface area (Å²) in [6.45, 7) is 5.57. The third kappa shape index (κ3) is 5.56. The first-order valence-electron chi connectivity index (χ1n) is 11.6. The molecule has 2 aromatic rings. The maximum Gasteiger partial charge on any atom is 0.230 e. The number of piperazine rings is 1. The van der Waals surface area contributed by atoms with Crippen molar-refractivity contribution in [3.8, 4) is 5.75 Å². The molecule has 1 aliphatic heterocycles. The highest BCUT2D eigenvalue weighted by atomic mass is 16.5. The third-order valence-corrected chi connectivity index (χ3v) is 6.61. The van der Waals surface area contributed by atoms with Gasteiger partial charge in [-0.2, -0.15) is 0 Å². The first-order chi connectivity index (χ1) is 15.2. The predicted octanol–water partition coefficient (Wildman–Crippen LogP) is 3.83. The van der Waals surface area contributed by atoms with E-state index >= 15 is 0 Å². The van der Waals surface area contributed by atoms with Crippen molar-refractivity contribution < 1.29 is 9.53 Å². The fraction of sp³-hybridized carbons (Fsp3) is 0.520. The largest absolute Gasteiger partial charge is 0.497 e. The van der Waals surface area contributed by atoms with Crippen molar-refractivity contribution in [2.45, 2.75) is 32.1 Å². The molecule has 4 rings (SSSR count). The topological polar surface area (TPSA) is 48.9 Å². The number of nitrogens with zero attached hydrogens (tertiary/aromatic N) is 4. The molecular formula is C25H34N4O2. The molecule has 1 aromatic heterocycles. The normalized spacial score (nSPS) is 18.0. The number of carbonyl (C=O) groups excluding carboxylic acids is 1. The number of benzene rings is 1. The number of pyridine rings is 1. The van der Waals surface area contributed by atoms with Gasteiger partial charge in [-0.1, -0.05) is 25.3 Å². The number of amides is 1. The molecule has 1 aromatic carbocycles. The lowest BCUT2D eigenvalue weighted by molar-refractivity contribution is -0.123. The molecule has 6 heteroatoms. The van der Waals surface area contributed by atoms with Gasteiger partial charge in [0.25, 0.3) is 0 Å². The lowest BCUT2D eigenvalue weighted by Gasteiger charge is -2.37. The van der Waals surface area contributed by atoms with E-state index in [1.807, 2.05) is 35.4 Å². The minimum atomic E-state index is 0.166. The van der Waals surface area contributed by atoms with Gasteiger partial charge in [0.1, 0.15) is 5.75 Å². The summed E-state index contributed by atoms with van der Waals surface area (Å²) in [6, 6.07) is 12.2. The van der Waals surface area contributed by atoms with Crippen LogP contribution in [0.25, 0.3) is 0 Å². The first kappa shape index (κ1) is 21.6. The standard InChI is InChI=1S/C25H34N4O2/c1-31-24-11-5-9-22(19-24)28-16-13-27(14-17-28)15-18-29(23-10-6-12-26-20-23)25(30)21-7-3-2-4-8-21/h5-6,9-12,19-21H,2-4,7-8,13-18H2,1H3. The fourth-order valence-corrected chi connectivity index (χ4v) is 4.73. The Labute approximate surface area is 185 Å². The number of ether oxygens (including phenoxy) is 1. The Kier molecular flexibility index (Phi) is 7.41. The van der Waals surface area contributed by atoms with Crippen LogP contribution in [0.4, 0.5) is 11.4 Å². The van der Waals surface area contributed by atoms with E-state index in [-0.39, 0.29) is 11.8 Å². The van der Waals surface area contributed by atoms with Gasteiger partial charge in [0.2, 0.25) is 5.91 Å². The van der Waals surface area contributed by atoms with E-state index in [1.54, 1.807) is 13.3 Å². The zero-order chi connectivity index (χ0) is 21.5. The lowest BCUT2D eigenvalue weighted by Crippen LogP contribution is -2.49. The highest BCUT2D eigenvalue weighted by molar-refractivity contribution is 5.94. The van der Waals surface area contributed by atoms with Gasteiger partial charge in [0.15, 0.2) is 0 Å². The van der Waals surface area contributed by atoms with Crippen LogP contribution in [0.3, 0.4) is 0 Å². The van der Waals surface area contributed by atoms with Crippen LogP contribution in [0.15, 0.2) is 48.8 Å². The molecule has 31 heavy (non-hydrogen) atoms. The summed E-state index contributed by atoms with van der Waals surface area (Å²) in [4.78, 5) is 24.4. The zero-order valence-corrected chi connectivity index (χ0v) is 18.6. The molecule has 1 aliphatic carbocycles. The van der Waals surface area contributed by atoms with E-state index in [4.69, 9.17) is 4.74 Å². The van der Waals surface area contributed by atoms with Gasteiger partial charge in [-0.15, -0.1) is 0 Å². The van der Waals surface area contributed by atoms with Crippen LogP contribution in [0, 0.1) is 5.92 Å². The van der Waals surface area contributed by atoms with Crippen molar-refractivity contribution in [1.29, 1.82) is 0 Å². The number of aromatic nitrogens is 1. The maximum absolute atomic E-state index is 13.3. The van der Waals surface area contributed by atoms with Gasteiger partial charge in [0, 0.05) is 63.1 Å². The second kappa shape index (κ2) is 10.6. The minimum absolute atomic E-state index is 0.166. The number of anilines is 2. The highest BCUT2D eigenvalue weighted by Crippen LogP contribution is 2.27. The SMILES string of the molecule is COc1cccc(N2CCN(CCN(C(=O)C3CCCCC3)c3cccnc3)CC2)c1. The molecule has 0 spiro atoms. The van der Waals surface area contributed by atoms with Gasteiger partial charge in [0.05, 0.1) is 19.0 Å². The van der Waals surface area contributed by atoms with Crippen molar-refractivity contribution in [3.63, 3.8) is 0 Å². The molecule has 0 N–H and O–H groups in total. The van der Waals surface area contributed by atoms with Gasteiger partial charge in [-0.25, -0.2) is 0 Å². The Hall–Kier alpha value is -2.60. The summed E-state index contributed by atoms with van der Waals surface area (Å²) in [7, 11) is 1.71. The lowest BCUT2D eigenvalue weighted by atomic mass is 9.88. The summed E-state index contributed by atoms with van der Waals surface area (Å²) in [5, 5.41) is 0. The minimum Gasteiger partial charge on any atom is -0.497 e. The number of hydrogen-bond donors (Lipinski definition) is 0. The fourth-order valence-electron chi connectivity index (χ4n) is 4.73. The summed E-state index contributed by atoms with van der Waals surface area (Å²) in [6.07, 6.45) is 9.23. The van der Waals surface area contributed by atoms with Crippen LogP contribution in [-0.4, -0.2) is 62.2 Å². The van der Waals surface area contributed by atoms with Crippen LogP contribution in [0.2, 0.25) is 0 Å². The summed E-state index contributed by atoms with van der Waals surface area (Å²) >= 11 is 0. The average Bonchev–Trinajstić information content (AvgIpc) is 2.85. The van der Waals surface area contributed by atoms with Crippen LogP contribution in [0.1, 0.15) is 32.1 Å². The molecule has 0 radical (unpaired) electrons. The van der Waals surface area contributed by atoms with Gasteiger partial charge in [-0.3, -0.25) is 14.7 Å². The van der Waals surface area contributed by atoms with Crippen LogP contribution in [0.5, 0.6) is 5.75 Å². The zero-order valence-electron chi connectivity index (χ0n) is 18.6. The molecule has 166 valence electrons. The number of rotatable bonds is 7. The Bertz CT molecular complexity index is 830. The number of methoxy groups -OCH3 is 1. The molecule has 1 amide bonds. The Morgan fingerprint density at radius 1 is 1.10 bits per heavy atom. The van der Waals surface area contributed by atoms with E-state index < -0.39 is 0 Å². The second-order valence-electron chi connectivity index (χ2n) is 8.57. The summed E-state index contributed by atoms with van der Waals surface area (Å²) in [5.41, 5.74) is 2.14. The van der Waals surface area contributed by atoms with E-state index in [0.717, 1.165) is 63.5 Å². The Balaban J connectivity index is 1.35. The molecule has 2 aliphatic rings. The molecule has 1 saturated heterocycles. The Morgan fingerprint density at radius 3 is 2.61 bits per heavy atom.